The number of nitro groups is 1. The summed E-state index contributed by atoms with van der Waals surface area (Å²) in [5, 5.41) is 17.9. The third kappa shape index (κ3) is 4.64. The Bertz CT molecular complexity index is 805. The molecule has 132 valence electrons. The minimum Gasteiger partial charge on any atom is -0.491 e. The van der Waals surface area contributed by atoms with Crippen LogP contribution in [0.3, 0.4) is 0 Å². The molecule has 0 atom stereocenters. The van der Waals surface area contributed by atoms with Crippen LogP contribution in [-0.2, 0) is 9.53 Å². The summed E-state index contributed by atoms with van der Waals surface area (Å²) in [6.07, 6.45) is 2.43. The predicted molar refractivity (Wildman–Crippen MR) is 94.1 cm³/mol. The number of anilines is 1. The molecule has 9 nitrogen and oxygen atoms in total. The van der Waals surface area contributed by atoms with Crippen LogP contribution in [0.4, 0.5) is 11.5 Å². The van der Waals surface area contributed by atoms with Crippen LogP contribution in [0.5, 0.6) is 5.75 Å². The second-order valence-corrected chi connectivity index (χ2v) is 5.59. The highest BCUT2D eigenvalue weighted by atomic mass is 79.9. The van der Waals surface area contributed by atoms with E-state index in [2.05, 4.69) is 32.9 Å². The minimum atomic E-state index is -0.558. The van der Waals surface area contributed by atoms with Crippen molar-refractivity contribution in [1.29, 1.82) is 0 Å². The van der Waals surface area contributed by atoms with Crippen molar-refractivity contribution in [2.24, 2.45) is 0 Å². The Morgan fingerprint density at radius 2 is 2.24 bits per heavy atom. The molecule has 2 aromatic rings. The van der Waals surface area contributed by atoms with E-state index < -0.39 is 10.8 Å². The average molecular weight is 411 g/mol. The van der Waals surface area contributed by atoms with Gasteiger partial charge >= 0.3 is 5.82 Å². The average Bonchev–Trinajstić information content (AvgIpc) is 2.96. The normalized spacial score (nSPS) is 10.3. The van der Waals surface area contributed by atoms with E-state index in [4.69, 9.17) is 9.47 Å². The van der Waals surface area contributed by atoms with Crippen molar-refractivity contribution in [1.82, 2.24) is 9.78 Å². The molecule has 0 unspecified atom stereocenters. The van der Waals surface area contributed by atoms with Crippen molar-refractivity contribution in [2.75, 3.05) is 25.6 Å². The van der Waals surface area contributed by atoms with Gasteiger partial charge in [0.1, 0.15) is 16.8 Å². The predicted octanol–water partition coefficient (Wildman–Crippen LogP) is 2.69. The standard InChI is InChI=1S/C15H15BrN4O5/c1-3-14(21)18-10-6-11(8-12(7-10)25-5-4-24-2)19-15(20(22)23)13(16)9-17-19/h3,6-9H,1,4-5H2,2H3,(H,18,21). The maximum absolute atomic E-state index is 11.6. The molecule has 1 heterocycles. The number of nitrogens with one attached hydrogen (secondary N) is 1. The summed E-state index contributed by atoms with van der Waals surface area (Å²) in [4.78, 5) is 22.3. The van der Waals surface area contributed by atoms with Gasteiger partial charge in [-0.1, -0.05) is 16.4 Å². The van der Waals surface area contributed by atoms with E-state index in [9.17, 15) is 14.9 Å². The zero-order valence-electron chi connectivity index (χ0n) is 13.3. The Kier molecular flexibility index (Phi) is 6.25. The van der Waals surface area contributed by atoms with Crippen molar-refractivity contribution in [3.8, 4) is 11.4 Å². The summed E-state index contributed by atoms with van der Waals surface area (Å²) in [6.45, 7) is 4.03. The lowest BCUT2D eigenvalue weighted by Crippen LogP contribution is -2.10. The number of nitrogens with zero attached hydrogens (tertiary/aromatic N) is 3. The van der Waals surface area contributed by atoms with E-state index in [0.717, 1.165) is 10.8 Å². The highest BCUT2D eigenvalue weighted by Gasteiger charge is 2.23. The zero-order valence-corrected chi connectivity index (χ0v) is 14.9. The molecule has 0 radical (unpaired) electrons. The molecule has 0 saturated heterocycles. The van der Waals surface area contributed by atoms with Gasteiger partial charge < -0.3 is 24.9 Å². The third-order valence-corrected chi connectivity index (χ3v) is 3.58. The summed E-state index contributed by atoms with van der Waals surface area (Å²) in [6, 6.07) is 4.70. The number of benzene rings is 1. The molecule has 0 aliphatic carbocycles. The van der Waals surface area contributed by atoms with Gasteiger partial charge in [0.25, 0.3) is 0 Å². The molecule has 0 bridgehead atoms. The number of amides is 1. The smallest absolute Gasteiger partial charge is 0.364 e. The maximum Gasteiger partial charge on any atom is 0.364 e. The lowest BCUT2D eigenvalue weighted by molar-refractivity contribution is -0.392. The number of rotatable bonds is 8. The molecule has 0 fully saturated rings. The number of hydrogen-bond acceptors (Lipinski definition) is 6. The van der Waals surface area contributed by atoms with Gasteiger partial charge in [-0.05, 0) is 26.9 Å². The van der Waals surface area contributed by atoms with Crippen LogP contribution >= 0.6 is 15.9 Å². The minimum absolute atomic E-state index is 0.236. The summed E-state index contributed by atoms with van der Waals surface area (Å²) < 4.78 is 11.8. The van der Waals surface area contributed by atoms with Gasteiger partial charge in [-0.15, -0.1) is 0 Å². The molecular weight excluding hydrogens is 396 g/mol. The van der Waals surface area contributed by atoms with Crippen LogP contribution < -0.4 is 10.1 Å². The number of carbonyl (C=O) groups excluding carboxylic acids is 1. The van der Waals surface area contributed by atoms with Crippen LogP contribution in [0.15, 0.2) is 41.5 Å². The Balaban J connectivity index is 2.46. The Morgan fingerprint density at radius 1 is 1.48 bits per heavy atom. The Morgan fingerprint density at radius 3 is 2.88 bits per heavy atom. The van der Waals surface area contributed by atoms with E-state index in [-0.39, 0.29) is 16.9 Å². The summed E-state index contributed by atoms with van der Waals surface area (Å²) >= 11 is 3.10. The van der Waals surface area contributed by atoms with Gasteiger partial charge in [0, 0.05) is 31.0 Å². The molecule has 25 heavy (non-hydrogen) atoms. The van der Waals surface area contributed by atoms with E-state index in [0.29, 0.717) is 23.7 Å². The zero-order chi connectivity index (χ0) is 18.4. The largest absolute Gasteiger partial charge is 0.491 e. The topological polar surface area (TPSA) is 109 Å². The first kappa shape index (κ1) is 18.6. The first-order valence-corrected chi connectivity index (χ1v) is 7.84. The second-order valence-electron chi connectivity index (χ2n) is 4.74. The molecule has 0 saturated carbocycles. The highest BCUT2D eigenvalue weighted by Crippen LogP contribution is 2.30. The van der Waals surface area contributed by atoms with Crippen LogP contribution in [0.2, 0.25) is 0 Å². The van der Waals surface area contributed by atoms with E-state index in [1.54, 1.807) is 19.2 Å². The van der Waals surface area contributed by atoms with Crippen LogP contribution in [0.1, 0.15) is 0 Å². The van der Waals surface area contributed by atoms with E-state index in [1.165, 1.54) is 12.3 Å². The lowest BCUT2D eigenvalue weighted by atomic mass is 10.2. The number of methoxy groups -OCH3 is 1. The van der Waals surface area contributed by atoms with Crippen molar-refractivity contribution < 1.29 is 19.2 Å². The molecule has 1 aromatic carbocycles. The Hall–Kier alpha value is -2.72. The van der Waals surface area contributed by atoms with Gasteiger partial charge in [-0.3, -0.25) is 4.79 Å². The van der Waals surface area contributed by atoms with Crippen molar-refractivity contribution in [2.45, 2.75) is 0 Å². The molecule has 2 rings (SSSR count). The molecular formula is C15H15BrN4O5. The van der Waals surface area contributed by atoms with Crippen molar-refractivity contribution in [3.63, 3.8) is 0 Å². The molecule has 0 aliphatic heterocycles. The summed E-state index contributed by atoms with van der Waals surface area (Å²) in [5.41, 5.74) is 0.738. The number of carbonyl (C=O) groups is 1. The Labute approximate surface area is 151 Å². The van der Waals surface area contributed by atoms with Crippen molar-refractivity contribution >= 4 is 33.3 Å². The number of ether oxygens (including phenoxy) is 2. The molecule has 1 aromatic heterocycles. The van der Waals surface area contributed by atoms with Gasteiger partial charge in [0.15, 0.2) is 5.69 Å². The van der Waals surface area contributed by atoms with E-state index in [1.807, 2.05) is 0 Å². The van der Waals surface area contributed by atoms with Gasteiger partial charge in [0.05, 0.1) is 12.8 Å². The fourth-order valence-electron chi connectivity index (χ4n) is 1.97. The van der Waals surface area contributed by atoms with Crippen molar-refractivity contribution in [3.05, 3.63) is 51.6 Å². The van der Waals surface area contributed by atoms with Crippen LogP contribution in [0.25, 0.3) is 5.69 Å². The van der Waals surface area contributed by atoms with Gasteiger partial charge in [0.2, 0.25) is 5.91 Å². The molecule has 1 N–H and O–H groups in total. The third-order valence-electron chi connectivity index (χ3n) is 3.02. The van der Waals surface area contributed by atoms with E-state index >= 15 is 0 Å². The summed E-state index contributed by atoms with van der Waals surface area (Å²) in [7, 11) is 1.54. The molecule has 10 heteroatoms. The monoisotopic (exact) mass is 410 g/mol. The molecule has 0 spiro atoms. The number of aromatic nitrogens is 2. The van der Waals surface area contributed by atoms with Gasteiger partial charge in [-0.2, -0.15) is 0 Å². The van der Waals surface area contributed by atoms with Gasteiger partial charge in [-0.25, -0.2) is 0 Å². The SMILES string of the molecule is C=CC(=O)Nc1cc(OCCOC)cc(-n2ncc(Br)c2[N+](=O)[O-])c1. The first-order chi connectivity index (χ1) is 12.0. The highest BCUT2D eigenvalue weighted by molar-refractivity contribution is 9.10. The fourth-order valence-corrected chi connectivity index (χ4v) is 2.38. The first-order valence-electron chi connectivity index (χ1n) is 7.04. The fraction of sp³-hybridized carbons (Fsp3) is 0.200. The van der Waals surface area contributed by atoms with Crippen LogP contribution in [0, 0.1) is 10.1 Å². The summed E-state index contributed by atoms with van der Waals surface area (Å²) in [5.74, 6) is -0.263. The van der Waals surface area contributed by atoms with Crippen LogP contribution in [-0.4, -0.2) is 40.9 Å². The quantitative estimate of drug-likeness (QED) is 0.310. The lowest BCUT2D eigenvalue weighted by Gasteiger charge is -2.10. The number of hydrogen-bond donors (Lipinski definition) is 1. The molecule has 0 aliphatic rings. The maximum atomic E-state index is 11.6. The molecule has 1 amide bonds. The second kappa shape index (κ2) is 8.40. The number of halogens is 1.